The van der Waals surface area contributed by atoms with E-state index in [0.29, 0.717) is 17.9 Å². The van der Waals surface area contributed by atoms with E-state index in [4.69, 9.17) is 9.47 Å². The second-order valence-corrected chi connectivity index (χ2v) is 7.32. The molecule has 0 bridgehead atoms. The van der Waals surface area contributed by atoms with E-state index in [1.54, 1.807) is 31.4 Å². The third kappa shape index (κ3) is 4.43. The fourth-order valence-corrected chi connectivity index (χ4v) is 3.77. The van der Waals surface area contributed by atoms with Gasteiger partial charge in [-0.05, 0) is 53.9 Å². The lowest BCUT2D eigenvalue weighted by molar-refractivity contribution is -0.126. The summed E-state index contributed by atoms with van der Waals surface area (Å²) in [5, 5.41) is 0. The van der Waals surface area contributed by atoms with Crippen LogP contribution >= 0.6 is 0 Å². The molecule has 31 heavy (non-hydrogen) atoms. The Bertz CT molecular complexity index is 1050. The van der Waals surface area contributed by atoms with E-state index in [-0.39, 0.29) is 12.2 Å². The average molecular weight is 419 g/mol. The van der Waals surface area contributed by atoms with Crippen molar-refractivity contribution in [3.63, 3.8) is 0 Å². The first-order chi connectivity index (χ1) is 15.1. The highest BCUT2D eigenvalue weighted by atomic mass is 19.1. The standard InChI is InChI=1S/C25H22FNO4/c1-30-21-14-8-18(9-15-21)23-24(22(28)16-7-17-5-3-2-4-6-17)31-25(29)27(23)20-12-10-19(26)11-13-20/h2-6,8-15,23-24H,7,16H2,1H3/t23-,24?/m1/s1. The minimum atomic E-state index is -0.963. The normalized spacial score (nSPS) is 18.0. The average Bonchev–Trinajstić information content (AvgIpc) is 3.16. The van der Waals surface area contributed by atoms with Gasteiger partial charge in [0.15, 0.2) is 11.9 Å². The van der Waals surface area contributed by atoms with Crippen molar-refractivity contribution in [1.29, 1.82) is 0 Å². The molecule has 1 amide bonds. The van der Waals surface area contributed by atoms with E-state index < -0.39 is 24.1 Å². The fourth-order valence-electron chi connectivity index (χ4n) is 3.77. The summed E-state index contributed by atoms with van der Waals surface area (Å²) in [6, 6.07) is 21.7. The van der Waals surface area contributed by atoms with Crippen LogP contribution in [0.4, 0.5) is 14.9 Å². The number of hydrogen-bond donors (Lipinski definition) is 0. The molecule has 1 aliphatic heterocycles. The van der Waals surface area contributed by atoms with Crippen LogP contribution in [-0.2, 0) is 16.0 Å². The van der Waals surface area contributed by atoms with E-state index in [1.807, 2.05) is 30.3 Å². The zero-order valence-electron chi connectivity index (χ0n) is 17.0. The summed E-state index contributed by atoms with van der Waals surface area (Å²) in [6.45, 7) is 0. The third-order valence-corrected chi connectivity index (χ3v) is 5.37. The fraction of sp³-hybridized carbons (Fsp3) is 0.200. The van der Waals surface area contributed by atoms with E-state index in [9.17, 15) is 14.0 Å². The number of rotatable bonds is 7. The number of carbonyl (C=O) groups is 2. The molecule has 0 spiro atoms. The third-order valence-electron chi connectivity index (χ3n) is 5.37. The predicted octanol–water partition coefficient (Wildman–Crippen LogP) is 5.10. The molecular weight excluding hydrogens is 397 g/mol. The van der Waals surface area contributed by atoms with Gasteiger partial charge in [-0.3, -0.25) is 9.69 Å². The molecule has 0 N–H and O–H groups in total. The van der Waals surface area contributed by atoms with Gasteiger partial charge in [0.1, 0.15) is 17.6 Å². The molecule has 0 aromatic heterocycles. The Labute approximate surface area is 180 Å². The van der Waals surface area contributed by atoms with Gasteiger partial charge in [-0.1, -0.05) is 42.5 Å². The summed E-state index contributed by atoms with van der Waals surface area (Å²) < 4.78 is 24.2. The Morgan fingerprint density at radius 2 is 1.68 bits per heavy atom. The number of cyclic esters (lactones) is 1. The summed E-state index contributed by atoms with van der Waals surface area (Å²) >= 11 is 0. The molecule has 5 nitrogen and oxygen atoms in total. The number of benzene rings is 3. The van der Waals surface area contributed by atoms with Crippen molar-refractivity contribution in [2.75, 3.05) is 12.0 Å². The van der Waals surface area contributed by atoms with E-state index in [0.717, 1.165) is 11.1 Å². The van der Waals surface area contributed by atoms with Crippen molar-refractivity contribution >= 4 is 17.6 Å². The van der Waals surface area contributed by atoms with Crippen LogP contribution in [0.1, 0.15) is 23.6 Å². The zero-order chi connectivity index (χ0) is 21.8. The zero-order valence-corrected chi connectivity index (χ0v) is 17.0. The number of carbonyl (C=O) groups excluding carboxylic acids is 2. The maximum absolute atomic E-state index is 13.4. The summed E-state index contributed by atoms with van der Waals surface area (Å²) in [4.78, 5) is 27.3. The van der Waals surface area contributed by atoms with Crippen LogP contribution in [0.5, 0.6) is 5.75 Å². The molecule has 1 saturated heterocycles. The first kappa shape index (κ1) is 20.6. The summed E-state index contributed by atoms with van der Waals surface area (Å²) in [5.41, 5.74) is 2.23. The molecule has 0 radical (unpaired) electrons. The molecule has 6 heteroatoms. The molecule has 0 aliphatic carbocycles. The molecule has 1 heterocycles. The Morgan fingerprint density at radius 3 is 2.32 bits per heavy atom. The van der Waals surface area contributed by atoms with Crippen molar-refractivity contribution in [3.05, 3.63) is 95.8 Å². The number of anilines is 1. The lowest BCUT2D eigenvalue weighted by Gasteiger charge is -2.25. The number of nitrogens with zero attached hydrogens (tertiary/aromatic N) is 1. The smallest absolute Gasteiger partial charge is 0.415 e. The maximum atomic E-state index is 13.4. The molecule has 2 atom stereocenters. The van der Waals surface area contributed by atoms with Crippen LogP contribution in [0.25, 0.3) is 0 Å². The van der Waals surface area contributed by atoms with Gasteiger partial charge in [-0.2, -0.15) is 0 Å². The molecule has 3 aromatic rings. The first-order valence-electron chi connectivity index (χ1n) is 10.0. The van der Waals surface area contributed by atoms with Crippen LogP contribution < -0.4 is 9.64 Å². The van der Waals surface area contributed by atoms with Gasteiger partial charge in [0.25, 0.3) is 0 Å². The number of ether oxygens (including phenoxy) is 2. The first-order valence-corrected chi connectivity index (χ1v) is 10.0. The van der Waals surface area contributed by atoms with Crippen LogP contribution in [0, 0.1) is 5.82 Å². The highest BCUT2D eigenvalue weighted by molar-refractivity contribution is 5.97. The number of ketones is 1. The number of amides is 1. The number of Topliss-reactive ketones (excluding diaryl/α,β-unsaturated/α-hetero) is 1. The van der Waals surface area contributed by atoms with Crippen molar-refractivity contribution in [2.45, 2.75) is 25.0 Å². The second kappa shape index (κ2) is 9.00. The summed E-state index contributed by atoms with van der Waals surface area (Å²) in [6.07, 6.45) is -0.800. The van der Waals surface area contributed by atoms with Gasteiger partial charge in [0.2, 0.25) is 0 Å². The summed E-state index contributed by atoms with van der Waals surface area (Å²) in [5.74, 6) is 0.0877. The monoisotopic (exact) mass is 419 g/mol. The van der Waals surface area contributed by atoms with Gasteiger partial charge < -0.3 is 9.47 Å². The lowest BCUT2D eigenvalue weighted by atomic mass is 9.94. The Hall–Kier alpha value is -3.67. The number of methoxy groups -OCH3 is 1. The predicted molar refractivity (Wildman–Crippen MR) is 115 cm³/mol. The lowest BCUT2D eigenvalue weighted by Crippen LogP contribution is -2.33. The van der Waals surface area contributed by atoms with Crippen LogP contribution in [0.15, 0.2) is 78.9 Å². The van der Waals surface area contributed by atoms with Crippen LogP contribution in [0.3, 0.4) is 0 Å². The Balaban J connectivity index is 1.64. The minimum absolute atomic E-state index is 0.164. The molecule has 3 aromatic carbocycles. The van der Waals surface area contributed by atoms with E-state index in [2.05, 4.69) is 0 Å². The Morgan fingerprint density at radius 1 is 1.00 bits per heavy atom. The molecular formula is C25H22FNO4. The number of hydrogen-bond acceptors (Lipinski definition) is 4. The van der Waals surface area contributed by atoms with Crippen molar-refractivity contribution in [3.8, 4) is 5.75 Å². The van der Waals surface area contributed by atoms with Crippen molar-refractivity contribution in [2.24, 2.45) is 0 Å². The van der Waals surface area contributed by atoms with Gasteiger partial charge in [0, 0.05) is 12.1 Å². The molecule has 1 aliphatic rings. The maximum Gasteiger partial charge on any atom is 0.415 e. The van der Waals surface area contributed by atoms with Crippen molar-refractivity contribution in [1.82, 2.24) is 0 Å². The second-order valence-electron chi connectivity index (χ2n) is 7.32. The molecule has 4 rings (SSSR count). The van der Waals surface area contributed by atoms with Crippen LogP contribution in [0.2, 0.25) is 0 Å². The molecule has 0 saturated carbocycles. The number of halogens is 1. The quantitative estimate of drug-likeness (QED) is 0.535. The summed E-state index contributed by atoms with van der Waals surface area (Å²) in [7, 11) is 1.57. The van der Waals surface area contributed by atoms with E-state index >= 15 is 0 Å². The highest BCUT2D eigenvalue weighted by Gasteiger charge is 2.46. The van der Waals surface area contributed by atoms with Crippen LogP contribution in [-0.4, -0.2) is 25.1 Å². The Kier molecular flexibility index (Phi) is 5.98. The molecule has 158 valence electrons. The number of aryl methyl sites for hydroxylation is 1. The SMILES string of the molecule is COc1ccc([C@@H]2C(C(=O)CCc3ccccc3)OC(=O)N2c2ccc(F)cc2)cc1. The minimum Gasteiger partial charge on any atom is -0.497 e. The van der Waals surface area contributed by atoms with Gasteiger partial charge in [0.05, 0.1) is 7.11 Å². The molecule has 1 unspecified atom stereocenters. The van der Waals surface area contributed by atoms with E-state index in [1.165, 1.54) is 29.2 Å². The van der Waals surface area contributed by atoms with Gasteiger partial charge in [-0.15, -0.1) is 0 Å². The molecule has 1 fully saturated rings. The van der Waals surface area contributed by atoms with Gasteiger partial charge in [-0.25, -0.2) is 9.18 Å². The topological polar surface area (TPSA) is 55.8 Å². The van der Waals surface area contributed by atoms with Crippen molar-refractivity contribution < 1.29 is 23.5 Å². The largest absolute Gasteiger partial charge is 0.497 e. The van der Waals surface area contributed by atoms with Gasteiger partial charge >= 0.3 is 6.09 Å². The highest BCUT2D eigenvalue weighted by Crippen LogP contribution is 2.39.